The van der Waals surface area contributed by atoms with E-state index in [1.54, 1.807) is 11.3 Å². The number of anilines is 1. The van der Waals surface area contributed by atoms with Crippen LogP contribution in [0.5, 0.6) is 0 Å². The minimum atomic E-state index is -0.276. The van der Waals surface area contributed by atoms with Gasteiger partial charge in [-0.1, -0.05) is 0 Å². The molecule has 0 amide bonds. The van der Waals surface area contributed by atoms with Crippen LogP contribution in [0.4, 0.5) is 5.13 Å². The summed E-state index contributed by atoms with van der Waals surface area (Å²) in [7, 11) is 1.37. The first kappa shape index (κ1) is 13.0. The van der Waals surface area contributed by atoms with E-state index in [4.69, 9.17) is 0 Å². The second-order valence-electron chi connectivity index (χ2n) is 3.61. The van der Waals surface area contributed by atoms with Crippen LogP contribution < -0.4 is 5.32 Å². The number of rotatable bonds is 5. The maximum Gasteiger partial charge on any atom is 0.311 e. The molecule has 18 heavy (non-hydrogen) atoms. The van der Waals surface area contributed by atoms with Gasteiger partial charge in [-0.3, -0.25) is 4.79 Å². The number of thiazole rings is 2. The van der Waals surface area contributed by atoms with E-state index in [0.717, 1.165) is 21.5 Å². The molecule has 0 radical (unpaired) electrons. The summed E-state index contributed by atoms with van der Waals surface area (Å²) in [4.78, 5) is 19.7. The van der Waals surface area contributed by atoms with Crippen LogP contribution in [0.3, 0.4) is 0 Å². The van der Waals surface area contributed by atoms with Gasteiger partial charge < -0.3 is 10.1 Å². The smallest absolute Gasteiger partial charge is 0.311 e. The predicted molar refractivity (Wildman–Crippen MR) is 72.0 cm³/mol. The number of aromatic nitrogens is 2. The second kappa shape index (κ2) is 5.92. The van der Waals surface area contributed by atoms with Crippen molar-refractivity contribution >= 4 is 33.8 Å². The molecule has 0 spiro atoms. The van der Waals surface area contributed by atoms with Crippen molar-refractivity contribution in [3.8, 4) is 0 Å². The summed E-state index contributed by atoms with van der Waals surface area (Å²) in [6, 6.07) is 0. The van der Waals surface area contributed by atoms with Crippen molar-refractivity contribution in [3.63, 3.8) is 0 Å². The lowest BCUT2D eigenvalue weighted by Crippen LogP contribution is -2.05. The van der Waals surface area contributed by atoms with E-state index in [1.165, 1.54) is 18.4 Å². The van der Waals surface area contributed by atoms with E-state index in [9.17, 15) is 4.79 Å². The predicted octanol–water partition coefficient (Wildman–Crippen LogP) is 2.24. The molecule has 0 aliphatic carbocycles. The molecule has 2 rings (SSSR count). The number of ether oxygens (including phenoxy) is 1. The second-order valence-corrected chi connectivity index (χ2v) is 5.53. The molecule has 0 unspecified atom stereocenters. The quantitative estimate of drug-likeness (QED) is 0.853. The van der Waals surface area contributed by atoms with Gasteiger partial charge >= 0.3 is 5.97 Å². The number of carbonyl (C=O) groups excluding carboxylic acids is 1. The molecule has 0 atom stereocenters. The molecule has 0 aliphatic heterocycles. The van der Waals surface area contributed by atoms with Crippen molar-refractivity contribution < 1.29 is 9.53 Å². The lowest BCUT2D eigenvalue weighted by Gasteiger charge is -1.98. The maximum atomic E-state index is 11.1. The van der Waals surface area contributed by atoms with Gasteiger partial charge in [0, 0.05) is 10.8 Å². The molecule has 96 valence electrons. The van der Waals surface area contributed by atoms with Crippen molar-refractivity contribution in [1.29, 1.82) is 0 Å². The minimum absolute atomic E-state index is 0.213. The number of nitrogens with zero attached hydrogens (tertiary/aromatic N) is 2. The van der Waals surface area contributed by atoms with Crippen molar-refractivity contribution in [3.05, 3.63) is 27.2 Å². The normalized spacial score (nSPS) is 10.3. The molecule has 5 nitrogen and oxygen atoms in total. The van der Waals surface area contributed by atoms with E-state index < -0.39 is 0 Å². The summed E-state index contributed by atoms with van der Waals surface area (Å²) in [5, 5.41) is 8.90. The zero-order chi connectivity index (χ0) is 13.0. The first-order chi connectivity index (χ1) is 8.67. The summed E-state index contributed by atoms with van der Waals surface area (Å²) in [5.41, 5.74) is 1.73. The summed E-state index contributed by atoms with van der Waals surface area (Å²) in [6.45, 7) is 2.63. The van der Waals surface area contributed by atoms with E-state index in [-0.39, 0.29) is 12.4 Å². The Bertz CT molecular complexity index is 536. The number of aryl methyl sites for hydroxylation is 1. The average molecular weight is 283 g/mol. The number of nitrogens with one attached hydrogen (secondary N) is 1. The van der Waals surface area contributed by atoms with Crippen LogP contribution in [0.1, 0.15) is 16.4 Å². The van der Waals surface area contributed by atoms with Gasteiger partial charge in [-0.15, -0.1) is 22.7 Å². The van der Waals surface area contributed by atoms with Crippen LogP contribution in [-0.2, 0) is 22.5 Å². The Morgan fingerprint density at radius 2 is 2.11 bits per heavy atom. The van der Waals surface area contributed by atoms with E-state index in [1.807, 2.05) is 17.7 Å². The molecule has 0 saturated carbocycles. The first-order valence-electron chi connectivity index (χ1n) is 5.33. The molecule has 0 bridgehead atoms. The van der Waals surface area contributed by atoms with Gasteiger partial charge in [0.15, 0.2) is 5.13 Å². The Balaban J connectivity index is 1.88. The molecule has 7 heteroatoms. The number of hydrogen-bond acceptors (Lipinski definition) is 7. The largest absolute Gasteiger partial charge is 0.469 e. The monoisotopic (exact) mass is 283 g/mol. The molecule has 2 heterocycles. The van der Waals surface area contributed by atoms with Crippen molar-refractivity contribution in [1.82, 2.24) is 9.97 Å². The Morgan fingerprint density at radius 3 is 2.78 bits per heavy atom. The Hall–Kier alpha value is -1.47. The van der Waals surface area contributed by atoms with Gasteiger partial charge in [-0.2, -0.15) is 0 Å². The number of esters is 1. The number of hydrogen-bond donors (Lipinski definition) is 1. The third kappa shape index (κ3) is 3.51. The molecular weight excluding hydrogens is 270 g/mol. The summed E-state index contributed by atoms with van der Waals surface area (Å²) >= 11 is 3.10. The van der Waals surface area contributed by atoms with E-state index >= 15 is 0 Å². The summed E-state index contributed by atoms with van der Waals surface area (Å²) in [6.07, 6.45) is 0.213. The minimum Gasteiger partial charge on any atom is -0.469 e. The van der Waals surface area contributed by atoms with Crippen LogP contribution in [0.15, 0.2) is 10.8 Å². The molecule has 2 aromatic heterocycles. The molecule has 0 aliphatic rings. The van der Waals surface area contributed by atoms with Gasteiger partial charge in [0.1, 0.15) is 0 Å². The molecular formula is C11H13N3O2S2. The van der Waals surface area contributed by atoms with Gasteiger partial charge in [-0.05, 0) is 6.92 Å². The Labute approximate surface area is 113 Å². The van der Waals surface area contributed by atoms with Crippen LogP contribution in [0.25, 0.3) is 0 Å². The Kier molecular flexibility index (Phi) is 4.27. The van der Waals surface area contributed by atoms with Crippen LogP contribution >= 0.6 is 22.7 Å². The zero-order valence-electron chi connectivity index (χ0n) is 10.1. The Morgan fingerprint density at radius 1 is 1.33 bits per heavy atom. The number of methoxy groups -OCH3 is 1. The zero-order valence-corrected chi connectivity index (χ0v) is 11.7. The van der Waals surface area contributed by atoms with E-state index in [2.05, 4.69) is 20.0 Å². The van der Waals surface area contributed by atoms with E-state index in [0.29, 0.717) is 6.54 Å². The molecule has 0 fully saturated rings. The van der Waals surface area contributed by atoms with Gasteiger partial charge in [0.25, 0.3) is 0 Å². The highest BCUT2D eigenvalue weighted by Gasteiger charge is 2.07. The van der Waals surface area contributed by atoms with Crippen LogP contribution in [0.2, 0.25) is 0 Å². The molecule has 0 saturated heterocycles. The topological polar surface area (TPSA) is 64.1 Å². The van der Waals surface area contributed by atoms with Gasteiger partial charge in [0.05, 0.1) is 36.5 Å². The van der Waals surface area contributed by atoms with Crippen molar-refractivity contribution in [2.24, 2.45) is 0 Å². The maximum absolute atomic E-state index is 11.1. The highest BCUT2D eigenvalue weighted by Crippen LogP contribution is 2.17. The third-order valence-corrected chi connectivity index (χ3v) is 3.86. The SMILES string of the molecule is COC(=O)Cc1csc(NCc2csc(C)n2)n1. The standard InChI is InChI=1S/C11H13N3O2S2/c1-7-13-9(6-17-7)4-12-11-14-8(5-18-11)3-10(15)16-2/h5-6H,3-4H2,1-2H3,(H,12,14). The fourth-order valence-corrected chi connectivity index (χ4v) is 2.67. The van der Waals surface area contributed by atoms with Crippen molar-refractivity contribution in [2.45, 2.75) is 19.9 Å². The summed E-state index contributed by atoms with van der Waals surface area (Å²) in [5.74, 6) is -0.276. The fraction of sp³-hybridized carbons (Fsp3) is 0.364. The highest BCUT2D eigenvalue weighted by molar-refractivity contribution is 7.13. The molecule has 2 aromatic rings. The molecule has 0 aromatic carbocycles. The lowest BCUT2D eigenvalue weighted by molar-refractivity contribution is -0.139. The van der Waals surface area contributed by atoms with Crippen LogP contribution in [0, 0.1) is 6.92 Å². The number of carbonyl (C=O) groups is 1. The third-order valence-electron chi connectivity index (χ3n) is 2.19. The fourth-order valence-electron chi connectivity index (χ4n) is 1.35. The first-order valence-corrected chi connectivity index (χ1v) is 7.09. The average Bonchev–Trinajstić information content (AvgIpc) is 2.96. The van der Waals surface area contributed by atoms with Gasteiger partial charge in [-0.25, -0.2) is 9.97 Å². The summed E-state index contributed by atoms with van der Waals surface area (Å²) < 4.78 is 4.59. The van der Waals surface area contributed by atoms with Gasteiger partial charge in [0.2, 0.25) is 0 Å². The highest BCUT2D eigenvalue weighted by atomic mass is 32.1. The molecule has 1 N–H and O–H groups in total. The van der Waals surface area contributed by atoms with Crippen LogP contribution in [-0.4, -0.2) is 23.0 Å². The van der Waals surface area contributed by atoms with Crippen molar-refractivity contribution in [2.75, 3.05) is 12.4 Å². The lowest BCUT2D eigenvalue weighted by atomic mass is 10.3.